The molecule has 6 nitrogen and oxygen atoms in total. The molecule has 1 aliphatic heterocycles. The molecule has 0 N–H and O–H groups in total. The van der Waals surface area contributed by atoms with Gasteiger partial charge in [-0.2, -0.15) is 0 Å². The molecule has 4 amide bonds. The van der Waals surface area contributed by atoms with E-state index in [9.17, 15) is 18.8 Å². The second-order valence-corrected chi connectivity index (χ2v) is 5.02. The van der Waals surface area contributed by atoms with Crippen molar-refractivity contribution in [3.63, 3.8) is 0 Å². The van der Waals surface area contributed by atoms with Gasteiger partial charge in [-0.05, 0) is 31.2 Å². The van der Waals surface area contributed by atoms with E-state index in [1.165, 1.54) is 34.1 Å². The van der Waals surface area contributed by atoms with Gasteiger partial charge in [0.05, 0.1) is 0 Å². The van der Waals surface area contributed by atoms with Gasteiger partial charge in [0.25, 0.3) is 5.91 Å². The highest BCUT2D eigenvalue weighted by Gasteiger charge is 2.44. The lowest BCUT2D eigenvalue weighted by Crippen LogP contribution is -2.41. The molecule has 112 valence electrons. The van der Waals surface area contributed by atoms with E-state index in [0.29, 0.717) is 5.69 Å². The van der Waals surface area contributed by atoms with Crippen LogP contribution in [0.3, 0.4) is 0 Å². The van der Waals surface area contributed by atoms with E-state index >= 15 is 0 Å². The summed E-state index contributed by atoms with van der Waals surface area (Å²) < 4.78 is 13.0. The van der Waals surface area contributed by atoms with Gasteiger partial charge in [-0.1, -0.05) is 0 Å². The quantitative estimate of drug-likeness (QED) is 0.783. The topological polar surface area (TPSA) is 60.9 Å². The number of urea groups is 1. The second kappa shape index (κ2) is 5.51. The van der Waals surface area contributed by atoms with Crippen molar-refractivity contribution >= 4 is 23.5 Å². The lowest BCUT2D eigenvalue weighted by atomic mass is 10.2. The van der Waals surface area contributed by atoms with E-state index < -0.39 is 23.8 Å². The minimum atomic E-state index is -0.724. The summed E-state index contributed by atoms with van der Waals surface area (Å²) in [5.41, 5.74) is 0.419. The maximum Gasteiger partial charge on any atom is 0.332 e. The minimum absolute atomic E-state index is 0.299. The molecular weight excluding hydrogens is 277 g/mol. The molecule has 0 saturated carbocycles. The highest BCUT2D eigenvalue weighted by atomic mass is 19.1. The number of carbonyl (C=O) groups excluding carboxylic acids is 3. The molecule has 0 aromatic heterocycles. The summed E-state index contributed by atoms with van der Waals surface area (Å²) in [5.74, 6) is -1.21. The van der Waals surface area contributed by atoms with E-state index in [1.807, 2.05) is 0 Å². The predicted molar refractivity (Wildman–Crippen MR) is 74.1 cm³/mol. The number of benzene rings is 1. The molecule has 21 heavy (non-hydrogen) atoms. The maximum absolute atomic E-state index is 13.0. The predicted octanol–water partition coefficient (Wildman–Crippen LogP) is 1.07. The Bertz CT molecular complexity index is 586. The molecule has 0 spiro atoms. The number of imide groups is 1. The normalized spacial score (nSPS) is 18.4. The van der Waals surface area contributed by atoms with Crippen molar-refractivity contribution in [2.75, 3.05) is 25.5 Å². The third-order valence-electron chi connectivity index (χ3n) is 3.34. The van der Waals surface area contributed by atoms with Gasteiger partial charge in [0, 0.05) is 19.8 Å². The van der Waals surface area contributed by atoms with Crippen molar-refractivity contribution in [2.24, 2.45) is 0 Å². The smallest absolute Gasteiger partial charge is 0.332 e. The van der Waals surface area contributed by atoms with Gasteiger partial charge in [0.2, 0.25) is 5.91 Å². The van der Waals surface area contributed by atoms with Gasteiger partial charge < -0.3 is 4.90 Å². The highest BCUT2D eigenvalue weighted by molar-refractivity contribution is 6.15. The van der Waals surface area contributed by atoms with E-state index in [4.69, 9.17) is 0 Å². The Kier molecular flexibility index (Phi) is 3.93. The Balaban J connectivity index is 2.26. The average Bonchev–Trinajstić information content (AvgIpc) is 2.64. The summed E-state index contributed by atoms with van der Waals surface area (Å²) in [7, 11) is 3.10. The first-order chi connectivity index (χ1) is 9.82. The number of amides is 4. The lowest BCUT2D eigenvalue weighted by molar-refractivity contribution is -0.135. The van der Waals surface area contributed by atoms with Gasteiger partial charge in [-0.15, -0.1) is 0 Å². The molecule has 1 aromatic carbocycles. The molecule has 0 aliphatic carbocycles. The van der Waals surface area contributed by atoms with Crippen LogP contribution in [0.5, 0.6) is 0 Å². The zero-order chi connectivity index (χ0) is 15.7. The van der Waals surface area contributed by atoms with Crippen LogP contribution in [0.2, 0.25) is 0 Å². The number of halogens is 1. The summed E-state index contributed by atoms with van der Waals surface area (Å²) >= 11 is 0. The van der Waals surface area contributed by atoms with Crippen molar-refractivity contribution in [1.29, 1.82) is 0 Å². The molecule has 0 bridgehead atoms. The number of hydrogen-bond donors (Lipinski definition) is 0. The number of nitrogens with zero attached hydrogens (tertiary/aromatic N) is 3. The van der Waals surface area contributed by atoms with Crippen molar-refractivity contribution in [3.05, 3.63) is 30.1 Å². The van der Waals surface area contributed by atoms with Crippen LogP contribution in [0.15, 0.2) is 24.3 Å². The summed E-state index contributed by atoms with van der Waals surface area (Å²) in [4.78, 5) is 39.7. The van der Waals surface area contributed by atoms with Crippen molar-refractivity contribution in [1.82, 2.24) is 9.80 Å². The SMILES string of the molecule is C[C@@H]1C(=O)N(CC(=O)N(C)C)C(=O)N1c1ccc(F)cc1. The fraction of sp³-hybridized carbons (Fsp3) is 0.357. The molecule has 1 saturated heterocycles. The molecule has 1 heterocycles. The summed E-state index contributed by atoms with van der Waals surface area (Å²) in [6.45, 7) is 1.27. The molecule has 7 heteroatoms. The van der Waals surface area contributed by atoms with Gasteiger partial charge in [0.1, 0.15) is 18.4 Å². The van der Waals surface area contributed by atoms with Crippen LogP contribution in [0.4, 0.5) is 14.9 Å². The Labute approximate surface area is 121 Å². The highest BCUT2D eigenvalue weighted by Crippen LogP contribution is 2.25. The molecular formula is C14H16FN3O3. The minimum Gasteiger partial charge on any atom is -0.347 e. The van der Waals surface area contributed by atoms with Crippen LogP contribution in [0, 0.1) is 5.82 Å². The van der Waals surface area contributed by atoms with Crippen LogP contribution in [0.25, 0.3) is 0 Å². The third kappa shape index (κ3) is 2.72. The van der Waals surface area contributed by atoms with Gasteiger partial charge in [0.15, 0.2) is 0 Å². The monoisotopic (exact) mass is 293 g/mol. The lowest BCUT2D eigenvalue weighted by Gasteiger charge is -2.19. The fourth-order valence-electron chi connectivity index (χ4n) is 2.08. The molecule has 1 aromatic rings. The van der Waals surface area contributed by atoms with E-state index in [-0.39, 0.29) is 12.5 Å². The van der Waals surface area contributed by atoms with Crippen molar-refractivity contribution < 1.29 is 18.8 Å². The Hall–Kier alpha value is -2.44. The first-order valence-electron chi connectivity index (χ1n) is 6.43. The molecule has 1 atom stereocenters. The zero-order valence-electron chi connectivity index (χ0n) is 12.0. The van der Waals surface area contributed by atoms with Gasteiger partial charge in [-0.25, -0.2) is 9.18 Å². The fourth-order valence-corrected chi connectivity index (χ4v) is 2.08. The molecule has 0 unspecified atom stereocenters. The van der Waals surface area contributed by atoms with E-state index in [0.717, 1.165) is 4.90 Å². The van der Waals surface area contributed by atoms with Gasteiger partial charge in [-0.3, -0.25) is 19.4 Å². The van der Waals surface area contributed by atoms with Gasteiger partial charge >= 0.3 is 6.03 Å². The van der Waals surface area contributed by atoms with Crippen LogP contribution >= 0.6 is 0 Å². The standard InChI is InChI=1S/C14H16FN3O3/c1-9-13(20)17(8-12(19)16(2)3)14(21)18(9)11-6-4-10(15)5-7-11/h4-7,9H,8H2,1-3H3/t9-/m1/s1. The molecule has 1 aliphatic rings. The first kappa shape index (κ1) is 15.0. The number of likely N-dealkylation sites (N-methyl/N-ethyl adjacent to an activating group) is 1. The average molecular weight is 293 g/mol. The molecule has 0 radical (unpaired) electrons. The summed E-state index contributed by atoms with van der Waals surface area (Å²) in [6.07, 6.45) is 0. The Morgan fingerprint density at radius 2 is 1.81 bits per heavy atom. The van der Waals surface area contributed by atoms with Crippen molar-refractivity contribution in [3.8, 4) is 0 Å². The van der Waals surface area contributed by atoms with Crippen LogP contribution in [-0.2, 0) is 9.59 Å². The number of anilines is 1. The number of rotatable bonds is 3. The second-order valence-electron chi connectivity index (χ2n) is 5.02. The molecule has 1 fully saturated rings. The molecule has 2 rings (SSSR count). The van der Waals surface area contributed by atoms with Crippen LogP contribution in [-0.4, -0.2) is 54.3 Å². The van der Waals surface area contributed by atoms with Crippen LogP contribution < -0.4 is 4.90 Å². The van der Waals surface area contributed by atoms with E-state index in [2.05, 4.69) is 0 Å². The zero-order valence-corrected chi connectivity index (χ0v) is 12.0. The summed E-state index contributed by atoms with van der Waals surface area (Å²) in [6, 6.07) is 3.98. The largest absolute Gasteiger partial charge is 0.347 e. The number of hydrogen-bond acceptors (Lipinski definition) is 3. The third-order valence-corrected chi connectivity index (χ3v) is 3.34. The Morgan fingerprint density at radius 1 is 1.24 bits per heavy atom. The van der Waals surface area contributed by atoms with Crippen molar-refractivity contribution in [2.45, 2.75) is 13.0 Å². The van der Waals surface area contributed by atoms with E-state index in [1.54, 1.807) is 21.0 Å². The van der Waals surface area contributed by atoms with Crippen LogP contribution in [0.1, 0.15) is 6.92 Å². The first-order valence-corrected chi connectivity index (χ1v) is 6.43. The Morgan fingerprint density at radius 3 is 2.33 bits per heavy atom. The maximum atomic E-state index is 13.0. The number of carbonyl (C=O) groups is 3. The summed E-state index contributed by atoms with van der Waals surface area (Å²) in [5, 5.41) is 0.